The van der Waals surface area contributed by atoms with Gasteiger partial charge in [0.1, 0.15) is 5.82 Å². The van der Waals surface area contributed by atoms with E-state index < -0.39 is 0 Å². The van der Waals surface area contributed by atoms with E-state index in [4.69, 9.17) is 11.6 Å². The number of fused-ring (bicyclic) bond motifs is 1. The van der Waals surface area contributed by atoms with Crippen molar-refractivity contribution in [2.24, 2.45) is 0 Å². The summed E-state index contributed by atoms with van der Waals surface area (Å²) in [5, 5.41) is 4.76. The predicted molar refractivity (Wildman–Crippen MR) is 63.4 cm³/mol. The molecule has 0 saturated carbocycles. The summed E-state index contributed by atoms with van der Waals surface area (Å²) >= 11 is 5.99. The zero-order valence-corrected chi connectivity index (χ0v) is 9.39. The van der Waals surface area contributed by atoms with E-state index in [2.05, 4.69) is 10.1 Å². The van der Waals surface area contributed by atoms with Gasteiger partial charge in [-0.25, -0.2) is 13.9 Å². The Morgan fingerprint density at radius 1 is 1.18 bits per heavy atom. The van der Waals surface area contributed by atoms with Gasteiger partial charge in [-0.2, -0.15) is 0 Å². The van der Waals surface area contributed by atoms with Crippen LogP contribution in [0.15, 0.2) is 42.6 Å². The third-order valence-corrected chi connectivity index (χ3v) is 2.69. The van der Waals surface area contributed by atoms with E-state index >= 15 is 0 Å². The SMILES string of the molecule is Fc1cccc(-c2nc3c(Cl)cccn3n2)c1. The third-order valence-electron chi connectivity index (χ3n) is 2.40. The number of pyridine rings is 1. The minimum absolute atomic E-state index is 0.313. The van der Waals surface area contributed by atoms with Gasteiger partial charge in [0.05, 0.1) is 5.02 Å². The number of hydrogen-bond donors (Lipinski definition) is 0. The molecule has 0 fully saturated rings. The van der Waals surface area contributed by atoms with Crippen LogP contribution in [0.2, 0.25) is 5.02 Å². The molecule has 3 nitrogen and oxygen atoms in total. The molecule has 0 amide bonds. The van der Waals surface area contributed by atoms with Gasteiger partial charge in [0.2, 0.25) is 0 Å². The molecule has 1 aromatic carbocycles. The van der Waals surface area contributed by atoms with Crippen molar-refractivity contribution in [3.63, 3.8) is 0 Å². The molecule has 0 atom stereocenters. The molecule has 2 heterocycles. The van der Waals surface area contributed by atoms with Gasteiger partial charge in [-0.1, -0.05) is 23.7 Å². The lowest BCUT2D eigenvalue weighted by Crippen LogP contribution is -1.86. The van der Waals surface area contributed by atoms with Crippen molar-refractivity contribution in [3.8, 4) is 11.4 Å². The molecule has 0 aliphatic rings. The number of hydrogen-bond acceptors (Lipinski definition) is 2. The first-order chi connectivity index (χ1) is 8.24. The maximum absolute atomic E-state index is 13.1. The first kappa shape index (κ1) is 10.2. The van der Waals surface area contributed by atoms with Crippen LogP contribution in [-0.2, 0) is 0 Å². The summed E-state index contributed by atoms with van der Waals surface area (Å²) in [5.41, 5.74) is 1.19. The van der Waals surface area contributed by atoms with Crippen LogP contribution in [0.1, 0.15) is 0 Å². The standard InChI is InChI=1S/C12H7ClFN3/c13-10-5-2-6-17-12(10)15-11(16-17)8-3-1-4-9(14)7-8/h1-7H. The van der Waals surface area contributed by atoms with Crippen LogP contribution < -0.4 is 0 Å². The van der Waals surface area contributed by atoms with Gasteiger partial charge in [0.25, 0.3) is 0 Å². The van der Waals surface area contributed by atoms with Crippen LogP contribution in [-0.4, -0.2) is 14.6 Å². The Kier molecular flexibility index (Phi) is 2.30. The third kappa shape index (κ3) is 1.76. The molecule has 3 rings (SSSR count). The van der Waals surface area contributed by atoms with Crippen LogP contribution in [0.25, 0.3) is 17.0 Å². The van der Waals surface area contributed by atoms with Crippen LogP contribution >= 0.6 is 11.6 Å². The van der Waals surface area contributed by atoms with Gasteiger partial charge in [0.15, 0.2) is 11.5 Å². The summed E-state index contributed by atoms with van der Waals surface area (Å²) in [6.07, 6.45) is 1.75. The first-order valence-corrected chi connectivity index (χ1v) is 5.39. The highest BCUT2D eigenvalue weighted by Gasteiger charge is 2.08. The van der Waals surface area contributed by atoms with Crippen LogP contribution in [0, 0.1) is 5.82 Å². The molecule has 84 valence electrons. The van der Waals surface area contributed by atoms with Crippen LogP contribution in [0.4, 0.5) is 4.39 Å². The molecule has 0 aliphatic heterocycles. The fourth-order valence-electron chi connectivity index (χ4n) is 1.62. The van der Waals surface area contributed by atoms with Gasteiger partial charge in [-0.15, -0.1) is 5.10 Å². The van der Waals surface area contributed by atoms with Gasteiger partial charge < -0.3 is 0 Å². The molecule has 17 heavy (non-hydrogen) atoms. The Bertz CT molecular complexity index is 693. The molecule has 3 aromatic rings. The highest BCUT2D eigenvalue weighted by atomic mass is 35.5. The quantitative estimate of drug-likeness (QED) is 0.661. The summed E-state index contributed by atoms with van der Waals surface area (Å²) in [6, 6.07) is 9.67. The Morgan fingerprint density at radius 3 is 2.82 bits per heavy atom. The minimum Gasteiger partial charge on any atom is -0.219 e. The molecule has 0 aliphatic carbocycles. The second-order valence-electron chi connectivity index (χ2n) is 3.57. The van der Waals surface area contributed by atoms with Crippen molar-refractivity contribution in [1.82, 2.24) is 14.6 Å². The van der Waals surface area contributed by atoms with E-state index in [-0.39, 0.29) is 5.82 Å². The van der Waals surface area contributed by atoms with E-state index in [1.54, 1.807) is 35.0 Å². The Labute approximate surface area is 101 Å². The smallest absolute Gasteiger partial charge is 0.182 e. The summed E-state index contributed by atoms with van der Waals surface area (Å²) in [5.74, 6) is 0.144. The normalized spacial score (nSPS) is 10.9. The van der Waals surface area contributed by atoms with Crippen LogP contribution in [0.5, 0.6) is 0 Å². The summed E-state index contributed by atoms with van der Waals surface area (Å²) in [7, 11) is 0. The second kappa shape index (κ2) is 3.82. The first-order valence-electron chi connectivity index (χ1n) is 5.01. The lowest BCUT2D eigenvalue weighted by atomic mass is 10.2. The minimum atomic E-state index is -0.313. The van der Waals surface area contributed by atoms with E-state index in [0.717, 1.165) is 0 Å². The predicted octanol–water partition coefficient (Wildman–Crippen LogP) is 3.19. The summed E-state index contributed by atoms with van der Waals surface area (Å²) in [6.45, 7) is 0. The van der Waals surface area contributed by atoms with Crippen molar-refractivity contribution >= 4 is 17.2 Å². The zero-order chi connectivity index (χ0) is 11.8. The molecular formula is C12H7ClFN3. The molecule has 0 N–H and O–H groups in total. The number of nitrogens with zero attached hydrogens (tertiary/aromatic N) is 3. The Hall–Kier alpha value is -1.94. The van der Waals surface area contributed by atoms with Gasteiger partial charge in [-0.05, 0) is 24.3 Å². The lowest BCUT2D eigenvalue weighted by molar-refractivity contribution is 0.628. The molecule has 2 aromatic heterocycles. The molecule has 0 spiro atoms. The average molecular weight is 248 g/mol. The highest BCUT2D eigenvalue weighted by molar-refractivity contribution is 6.33. The highest BCUT2D eigenvalue weighted by Crippen LogP contribution is 2.20. The number of aromatic nitrogens is 3. The van der Waals surface area contributed by atoms with E-state index in [1.165, 1.54) is 12.1 Å². The maximum atomic E-state index is 13.1. The average Bonchev–Trinajstić information content (AvgIpc) is 2.74. The molecule has 0 radical (unpaired) electrons. The lowest BCUT2D eigenvalue weighted by Gasteiger charge is -1.93. The largest absolute Gasteiger partial charge is 0.219 e. The monoisotopic (exact) mass is 247 g/mol. The fourth-order valence-corrected chi connectivity index (χ4v) is 1.83. The Morgan fingerprint density at radius 2 is 2.06 bits per heavy atom. The van der Waals surface area contributed by atoms with Crippen molar-refractivity contribution < 1.29 is 4.39 Å². The van der Waals surface area contributed by atoms with Crippen molar-refractivity contribution in [3.05, 3.63) is 53.4 Å². The molecule has 0 bridgehead atoms. The number of halogens is 2. The van der Waals surface area contributed by atoms with Gasteiger partial charge >= 0.3 is 0 Å². The molecule has 5 heteroatoms. The molecule has 0 unspecified atom stereocenters. The molecule has 0 saturated heterocycles. The Balaban J connectivity index is 2.22. The topological polar surface area (TPSA) is 30.2 Å². The van der Waals surface area contributed by atoms with Crippen LogP contribution in [0.3, 0.4) is 0 Å². The van der Waals surface area contributed by atoms with E-state index in [1.807, 2.05) is 0 Å². The van der Waals surface area contributed by atoms with Crippen molar-refractivity contribution in [1.29, 1.82) is 0 Å². The van der Waals surface area contributed by atoms with E-state index in [9.17, 15) is 4.39 Å². The van der Waals surface area contributed by atoms with Crippen molar-refractivity contribution in [2.75, 3.05) is 0 Å². The van der Waals surface area contributed by atoms with Gasteiger partial charge in [-0.3, -0.25) is 0 Å². The second-order valence-corrected chi connectivity index (χ2v) is 3.98. The number of benzene rings is 1. The van der Waals surface area contributed by atoms with E-state index in [0.29, 0.717) is 22.1 Å². The fraction of sp³-hybridized carbons (Fsp3) is 0. The van der Waals surface area contributed by atoms with Gasteiger partial charge in [0, 0.05) is 11.8 Å². The zero-order valence-electron chi connectivity index (χ0n) is 8.64. The maximum Gasteiger partial charge on any atom is 0.182 e. The van der Waals surface area contributed by atoms with Crippen molar-refractivity contribution in [2.45, 2.75) is 0 Å². The summed E-state index contributed by atoms with van der Waals surface area (Å²) < 4.78 is 14.7. The summed E-state index contributed by atoms with van der Waals surface area (Å²) in [4.78, 5) is 4.28. The number of rotatable bonds is 1. The molecular weight excluding hydrogens is 241 g/mol.